The Morgan fingerprint density at radius 1 is 0.629 bits per heavy atom. The molecule has 4 rings (SSSR count). The van der Waals surface area contributed by atoms with Crippen molar-refractivity contribution in [2.45, 2.75) is 13.0 Å². The lowest BCUT2D eigenvalue weighted by molar-refractivity contribution is 0.111. The van der Waals surface area contributed by atoms with Gasteiger partial charge in [0, 0.05) is 51.3 Å². The Morgan fingerprint density at radius 3 is 2.03 bits per heavy atom. The molecule has 6 nitrogen and oxygen atoms in total. The minimum atomic E-state index is 0.649. The van der Waals surface area contributed by atoms with Crippen LogP contribution in [0.4, 0.5) is 0 Å². The zero-order chi connectivity index (χ0) is 24.5. The summed E-state index contributed by atoms with van der Waals surface area (Å²) in [6.45, 7) is 6.47. The molecule has 0 aliphatic carbocycles. The van der Waals surface area contributed by atoms with Gasteiger partial charge in [0.2, 0.25) is 5.75 Å². The third-order valence-corrected chi connectivity index (χ3v) is 6.52. The Morgan fingerprint density at radius 2 is 1.31 bits per heavy atom. The Bertz CT molecular complexity index is 1070. The fourth-order valence-corrected chi connectivity index (χ4v) is 4.59. The van der Waals surface area contributed by atoms with E-state index >= 15 is 0 Å². The fourth-order valence-electron chi connectivity index (χ4n) is 4.59. The van der Waals surface area contributed by atoms with E-state index in [-0.39, 0.29) is 0 Å². The maximum atomic E-state index is 6.21. The monoisotopic (exact) mass is 476 g/mol. The molecule has 0 saturated carbocycles. The number of methoxy groups -OCH3 is 3. The zero-order valence-corrected chi connectivity index (χ0v) is 21.0. The molecular formula is C29H36N2O4. The van der Waals surface area contributed by atoms with Crippen molar-refractivity contribution in [1.82, 2.24) is 9.80 Å². The molecule has 1 aliphatic heterocycles. The summed E-state index contributed by atoms with van der Waals surface area (Å²) in [5, 5.41) is 0. The minimum Gasteiger partial charge on any atom is -0.493 e. The van der Waals surface area contributed by atoms with Crippen molar-refractivity contribution >= 4 is 0 Å². The number of ether oxygens (including phenoxy) is 4. The topological polar surface area (TPSA) is 43.4 Å². The molecule has 186 valence electrons. The van der Waals surface area contributed by atoms with Crippen LogP contribution < -0.4 is 18.9 Å². The van der Waals surface area contributed by atoms with Crippen molar-refractivity contribution in [3.63, 3.8) is 0 Å². The fraction of sp³-hybridized carbons (Fsp3) is 0.379. The molecule has 0 spiro atoms. The lowest BCUT2D eigenvalue weighted by Gasteiger charge is -2.35. The van der Waals surface area contributed by atoms with Crippen LogP contribution in [0.25, 0.3) is 0 Å². The van der Waals surface area contributed by atoms with Gasteiger partial charge in [0.1, 0.15) is 12.4 Å². The molecule has 0 radical (unpaired) electrons. The van der Waals surface area contributed by atoms with Gasteiger partial charge in [-0.25, -0.2) is 0 Å². The highest BCUT2D eigenvalue weighted by atomic mass is 16.5. The summed E-state index contributed by atoms with van der Waals surface area (Å²) in [4.78, 5) is 4.93. The number of benzene rings is 3. The molecule has 0 atom stereocenters. The van der Waals surface area contributed by atoms with Crippen LogP contribution in [0.2, 0.25) is 0 Å². The molecule has 35 heavy (non-hydrogen) atoms. The van der Waals surface area contributed by atoms with Crippen LogP contribution in [0.3, 0.4) is 0 Å². The van der Waals surface area contributed by atoms with Crippen LogP contribution in [0.5, 0.6) is 23.0 Å². The molecule has 0 amide bonds. The van der Waals surface area contributed by atoms with Crippen molar-refractivity contribution in [2.75, 3.05) is 60.7 Å². The molecule has 1 saturated heterocycles. The maximum absolute atomic E-state index is 6.21. The predicted octanol–water partition coefficient (Wildman–Crippen LogP) is 4.50. The second-order valence-electron chi connectivity index (χ2n) is 8.73. The number of rotatable bonds is 11. The molecule has 0 bridgehead atoms. The van der Waals surface area contributed by atoms with Gasteiger partial charge in [-0.1, -0.05) is 54.6 Å². The van der Waals surface area contributed by atoms with Crippen molar-refractivity contribution in [2.24, 2.45) is 0 Å². The Hall–Kier alpha value is -3.22. The van der Waals surface area contributed by atoms with Gasteiger partial charge in [-0.3, -0.25) is 9.80 Å². The van der Waals surface area contributed by atoms with Crippen molar-refractivity contribution in [3.8, 4) is 23.0 Å². The highest BCUT2D eigenvalue weighted by Crippen LogP contribution is 2.40. The van der Waals surface area contributed by atoms with Gasteiger partial charge >= 0.3 is 0 Å². The second kappa shape index (κ2) is 12.5. The molecule has 0 aromatic heterocycles. The van der Waals surface area contributed by atoms with Gasteiger partial charge in [-0.05, 0) is 23.3 Å². The summed E-state index contributed by atoms with van der Waals surface area (Å²) < 4.78 is 22.8. The van der Waals surface area contributed by atoms with Gasteiger partial charge in [0.15, 0.2) is 11.5 Å². The van der Waals surface area contributed by atoms with Gasteiger partial charge in [0.05, 0.1) is 21.3 Å². The molecule has 3 aromatic carbocycles. The molecular weight excluding hydrogens is 440 g/mol. The quantitative estimate of drug-likeness (QED) is 0.406. The third-order valence-electron chi connectivity index (χ3n) is 6.52. The molecule has 3 aromatic rings. The van der Waals surface area contributed by atoms with Gasteiger partial charge in [0.25, 0.3) is 0 Å². The Labute approximate surface area is 209 Å². The van der Waals surface area contributed by atoms with E-state index < -0.39 is 0 Å². The average molecular weight is 477 g/mol. The first-order valence-corrected chi connectivity index (χ1v) is 12.2. The first kappa shape index (κ1) is 24.9. The van der Waals surface area contributed by atoms with Gasteiger partial charge in [-0.15, -0.1) is 0 Å². The van der Waals surface area contributed by atoms with Gasteiger partial charge < -0.3 is 18.9 Å². The van der Waals surface area contributed by atoms with E-state index in [1.54, 1.807) is 21.3 Å². The highest BCUT2D eigenvalue weighted by Gasteiger charge is 2.21. The van der Waals surface area contributed by atoms with E-state index in [1.165, 1.54) is 11.1 Å². The van der Waals surface area contributed by atoms with E-state index in [0.29, 0.717) is 18.1 Å². The molecule has 1 aliphatic rings. The normalized spacial score (nSPS) is 14.5. The standard InChI is InChI=1S/C29H36N2O4/c1-32-27-14-13-25(28(33-2)29(27)34-3)22-31-17-15-30(16-18-31)19-20-35-26-12-8-7-11-24(26)21-23-9-5-4-6-10-23/h4-14H,15-22H2,1-3H3. The first-order chi connectivity index (χ1) is 17.2. The van der Waals surface area contributed by atoms with Crippen LogP contribution in [-0.2, 0) is 13.0 Å². The summed E-state index contributed by atoms with van der Waals surface area (Å²) in [7, 11) is 4.96. The average Bonchev–Trinajstić information content (AvgIpc) is 2.91. The zero-order valence-electron chi connectivity index (χ0n) is 21.0. The summed E-state index contributed by atoms with van der Waals surface area (Å²) in [5.74, 6) is 3.06. The Kier molecular flexibility index (Phi) is 8.87. The van der Waals surface area contributed by atoms with E-state index in [2.05, 4.69) is 64.4 Å². The number of nitrogens with zero attached hydrogens (tertiary/aromatic N) is 2. The lowest BCUT2D eigenvalue weighted by Crippen LogP contribution is -2.47. The van der Waals surface area contributed by atoms with Crippen LogP contribution in [-0.4, -0.2) is 70.5 Å². The number of para-hydroxylation sites is 1. The number of hydrogen-bond acceptors (Lipinski definition) is 6. The molecule has 1 heterocycles. The van der Waals surface area contributed by atoms with E-state index in [0.717, 1.165) is 62.8 Å². The van der Waals surface area contributed by atoms with Crippen molar-refractivity contribution in [3.05, 3.63) is 83.4 Å². The SMILES string of the molecule is COc1ccc(CN2CCN(CCOc3ccccc3Cc3ccccc3)CC2)c(OC)c1OC. The van der Waals surface area contributed by atoms with Crippen LogP contribution in [0.1, 0.15) is 16.7 Å². The summed E-state index contributed by atoms with van der Waals surface area (Å²) >= 11 is 0. The maximum Gasteiger partial charge on any atom is 0.203 e. The van der Waals surface area contributed by atoms with Crippen molar-refractivity contribution in [1.29, 1.82) is 0 Å². The summed E-state index contributed by atoms with van der Waals surface area (Å²) in [6.07, 6.45) is 0.884. The molecule has 0 N–H and O–H groups in total. The van der Waals surface area contributed by atoms with E-state index in [1.807, 2.05) is 12.1 Å². The first-order valence-electron chi connectivity index (χ1n) is 12.2. The van der Waals surface area contributed by atoms with Crippen LogP contribution in [0.15, 0.2) is 66.7 Å². The van der Waals surface area contributed by atoms with Crippen LogP contribution >= 0.6 is 0 Å². The largest absolute Gasteiger partial charge is 0.493 e. The second-order valence-corrected chi connectivity index (χ2v) is 8.73. The summed E-state index contributed by atoms with van der Waals surface area (Å²) in [6, 6.07) is 22.9. The minimum absolute atomic E-state index is 0.649. The van der Waals surface area contributed by atoms with Crippen molar-refractivity contribution < 1.29 is 18.9 Å². The third kappa shape index (κ3) is 6.47. The Balaban J connectivity index is 1.26. The summed E-state index contributed by atoms with van der Waals surface area (Å²) in [5.41, 5.74) is 3.63. The molecule has 6 heteroatoms. The highest BCUT2D eigenvalue weighted by molar-refractivity contribution is 5.55. The number of piperazine rings is 1. The number of hydrogen-bond donors (Lipinski definition) is 0. The van der Waals surface area contributed by atoms with Gasteiger partial charge in [-0.2, -0.15) is 0 Å². The smallest absolute Gasteiger partial charge is 0.203 e. The molecule has 0 unspecified atom stereocenters. The molecule has 1 fully saturated rings. The predicted molar refractivity (Wildman–Crippen MR) is 139 cm³/mol. The lowest BCUT2D eigenvalue weighted by atomic mass is 10.0. The van der Waals surface area contributed by atoms with E-state index in [9.17, 15) is 0 Å². The van der Waals surface area contributed by atoms with Crippen LogP contribution in [0, 0.1) is 0 Å². The van der Waals surface area contributed by atoms with E-state index in [4.69, 9.17) is 18.9 Å².